The number of rotatable bonds is 9. The second kappa shape index (κ2) is 12.2. The number of nitrogens with zero attached hydrogens (tertiary/aromatic N) is 5. The van der Waals surface area contributed by atoms with Gasteiger partial charge in [-0.25, -0.2) is 19.0 Å². The summed E-state index contributed by atoms with van der Waals surface area (Å²) in [6, 6.07) is 18.1. The lowest BCUT2D eigenvalue weighted by Gasteiger charge is -2.24. The molecule has 13 heteroatoms. The van der Waals surface area contributed by atoms with Crippen LogP contribution in [-0.4, -0.2) is 56.1 Å². The third-order valence-electron chi connectivity index (χ3n) is 7.49. The van der Waals surface area contributed by atoms with Crippen LogP contribution < -0.4 is 15.0 Å². The zero-order valence-corrected chi connectivity index (χ0v) is 24.7. The molecule has 3 unspecified atom stereocenters. The summed E-state index contributed by atoms with van der Waals surface area (Å²) in [6.45, 7) is 4.79. The molecule has 0 spiro atoms. The molecule has 1 aromatic heterocycles. The number of alkyl halides is 3. The molecular formula is C31H30F4N6O2S. The average molecular weight is 627 g/mol. The number of aromatic nitrogens is 3. The standard InChI is InChI=1S/C31H30F4N6O2S/c1-18(2)24-15-21(32)7-12-27(24)40-13-14-44-30(40)38-29(42)37-26-16-25(26)19-3-5-20(6-4-19)28-36-17-41(39-28)22-8-10-23(11-9-22)43-31(33,34)35/h3-12,15,17-18,25-26,29,37,42H,13-14,16H2,1-2H3/b38-30-. The SMILES string of the molecule is CC(C)c1cc(F)ccc1N1CCS/C1=N\C(O)NC1CC1c1ccc(-c2ncn(-c3ccc(OC(F)(F)F)cc3)n2)cc1. The van der Waals surface area contributed by atoms with Crippen molar-refractivity contribution in [2.24, 2.45) is 4.99 Å². The van der Waals surface area contributed by atoms with E-state index < -0.39 is 12.7 Å². The summed E-state index contributed by atoms with van der Waals surface area (Å²) in [5.41, 5.74) is 4.26. The maximum absolute atomic E-state index is 13.9. The number of aliphatic hydroxyl groups excluding tert-OH is 1. The average Bonchev–Trinajstić information content (AvgIpc) is 3.33. The first-order valence-corrected chi connectivity index (χ1v) is 15.1. The molecule has 3 atom stereocenters. The predicted octanol–water partition coefficient (Wildman–Crippen LogP) is 6.43. The highest BCUT2D eigenvalue weighted by Gasteiger charge is 2.39. The van der Waals surface area contributed by atoms with Crippen molar-refractivity contribution in [3.05, 3.63) is 90.0 Å². The van der Waals surface area contributed by atoms with Crippen molar-refractivity contribution in [1.82, 2.24) is 20.1 Å². The van der Waals surface area contributed by atoms with Crippen molar-refractivity contribution >= 4 is 22.6 Å². The van der Waals surface area contributed by atoms with Gasteiger partial charge in [-0.3, -0.25) is 5.32 Å². The van der Waals surface area contributed by atoms with Crippen LogP contribution in [0.3, 0.4) is 0 Å². The normalized spacial score (nSPS) is 20.0. The van der Waals surface area contributed by atoms with Crippen LogP contribution in [0, 0.1) is 5.82 Å². The number of aliphatic hydroxyl groups is 1. The summed E-state index contributed by atoms with van der Waals surface area (Å²) in [6.07, 6.45) is -3.47. The molecule has 0 amide bonds. The molecule has 4 aromatic rings. The highest BCUT2D eigenvalue weighted by molar-refractivity contribution is 8.14. The number of hydrogen-bond acceptors (Lipinski definition) is 7. The summed E-state index contributed by atoms with van der Waals surface area (Å²) < 4.78 is 56.6. The maximum Gasteiger partial charge on any atom is 0.573 e. The highest BCUT2D eigenvalue weighted by Crippen LogP contribution is 2.41. The predicted molar refractivity (Wildman–Crippen MR) is 161 cm³/mol. The van der Waals surface area contributed by atoms with Gasteiger partial charge in [-0.2, -0.15) is 0 Å². The molecule has 2 fully saturated rings. The summed E-state index contributed by atoms with van der Waals surface area (Å²) >= 11 is 1.57. The Kier molecular flexibility index (Phi) is 8.36. The molecule has 1 saturated heterocycles. The Balaban J connectivity index is 1.06. The van der Waals surface area contributed by atoms with Crippen molar-refractivity contribution in [3.63, 3.8) is 0 Å². The first-order chi connectivity index (χ1) is 21.0. The number of anilines is 1. The number of nitrogens with one attached hydrogen (secondary N) is 1. The molecule has 1 saturated carbocycles. The van der Waals surface area contributed by atoms with Gasteiger partial charge in [0.25, 0.3) is 0 Å². The van der Waals surface area contributed by atoms with Crippen LogP contribution in [-0.2, 0) is 0 Å². The van der Waals surface area contributed by atoms with E-state index in [0.717, 1.165) is 41.1 Å². The molecule has 8 nitrogen and oxygen atoms in total. The van der Waals surface area contributed by atoms with Gasteiger partial charge in [0, 0.05) is 35.5 Å². The van der Waals surface area contributed by atoms with Crippen molar-refractivity contribution < 1.29 is 27.4 Å². The second-order valence-electron chi connectivity index (χ2n) is 10.9. The molecule has 1 aliphatic carbocycles. The van der Waals surface area contributed by atoms with Crippen LogP contribution >= 0.6 is 11.8 Å². The molecule has 6 rings (SSSR count). The Morgan fingerprint density at radius 3 is 2.52 bits per heavy atom. The van der Waals surface area contributed by atoms with E-state index in [2.05, 4.69) is 25.1 Å². The van der Waals surface area contributed by atoms with Gasteiger partial charge in [0.05, 0.1) is 5.69 Å². The van der Waals surface area contributed by atoms with E-state index in [4.69, 9.17) is 0 Å². The Bertz CT molecular complexity index is 1640. The van der Waals surface area contributed by atoms with Gasteiger partial charge in [0.1, 0.15) is 17.9 Å². The topological polar surface area (TPSA) is 87.8 Å². The fraction of sp³-hybridized carbons (Fsp3) is 0.323. The Morgan fingerprint density at radius 2 is 1.82 bits per heavy atom. The number of thioether (sulfide) groups is 1. The van der Waals surface area contributed by atoms with Crippen LogP contribution in [0.25, 0.3) is 17.1 Å². The maximum atomic E-state index is 13.9. The minimum atomic E-state index is -4.75. The van der Waals surface area contributed by atoms with E-state index in [-0.39, 0.29) is 29.4 Å². The Hall–Kier alpha value is -3.94. The molecule has 2 N–H and O–H groups in total. The fourth-order valence-corrected chi connectivity index (χ4v) is 6.22. The number of halogens is 4. The smallest absolute Gasteiger partial charge is 0.406 e. The molecule has 3 aromatic carbocycles. The lowest BCUT2D eigenvalue weighted by atomic mass is 10.0. The molecule has 2 aliphatic rings. The van der Waals surface area contributed by atoms with Crippen LogP contribution in [0.15, 0.2) is 78.0 Å². The minimum Gasteiger partial charge on any atom is -0.406 e. The van der Waals surface area contributed by atoms with E-state index in [1.807, 2.05) is 43.0 Å². The zero-order valence-electron chi connectivity index (χ0n) is 23.9. The second-order valence-corrected chi connectivity index (χ2v) is 12.0. The Morgan fingerprint density at radius 1 is 1.07 bits per heavy atom. The number of ether oxygens (including phenoxy) is 1. The molecule has 1 aliphatic heterocycles. The van der Waals surface area contributed by atoms with E-state index >= 15 is 0 Å². The lowest BCUT2D eigenvalue weighted by Crippen LogP contribution is -2.33. The van der Waals surface area contributed by atoms with Crippen LogP contribution in [0.2, 0.25) is 0 Å². The monoisotopic (exact) mass is 626 g/mol. The lowest BCUT2D eigenvalue weighted by molar-refractivity contribution is -0.274. The van der Waals surface area contributed by atoms with Gasteiger partial charge in [0.2, 0.25) is 6.35 Å². The van der Waals surface area contributed by atoms with Crippen molar-refractivity contribution in [2.75, 3.05) is 17.2 Å². The van der Waals surface area contributed by atoms with Gasteiger partial charge >= 0.3 is 6.36 Å². The van der Waals surface area contributed by atoms with Crippen LogP contribution in [0.1, 0.15) is 43.2 Å². The van der Waals surface area contributed by atoms with Crippen molar-refractivity contribution in [1.29, 1.82) is 0 Å². The van der Waals surface area contributed by atoms with E-state index in [0.29, 0.717) is 16.7 Å². The number of hydrogen-bond donors (Lipinski definition) is 2. The quantitative estimate of drug-likeness (QED) is 0.164. The third-order valence-corrected chi connectivity index (χ3v) is 8.46. The van der Waals surface area contributed by atoms with Crippen molar-refractivity contribution in [2.45, 2.75) is 50.9 Å². The summed E-state index contributed by atoms with van der Waals surface area (Å²) in [5.74, 6) is 1.09. The summed E-state index contributed by atoms with van der Waals surface area (Å²) in [4.78, 5) is 10.9. The number of amidine groups is 1. The molecule has 0 bridgehead atoms. The number of aliphatic imine (C=N–C) groups is 1. The van der Waals surface area contributed by atoms with E-state index in [9.17, 15) is 22.7 Å². The largest absolute Gasteiger partial charge is 0.573 e. The first-order valence-electron chi connectivity index (χ1n) is 14.1. The van der Waals surface area contributed by atoms with Crippen LogP contribution in [0.4, 0.5) is 23.2 Å². The van der Waals surface area contributed by atoms with Gasteiger partial charge in [-0.15, -0.1) is 18.3 Å². The van der Waals surface area contributed by atoms with Gasteiger partial charge < -0.3 is 14.7 Å². The van der Waals surface area contributed by atoms with Crippen molar-refractivity contribution in [3.8, 4) is 22.8 Å². The van der Waals surface area contributed by atoms with Gasteiger partial charge in [0.15, 0.2) is 11.0 Å². The molecule has 2 heterocycles. The molecule has 230 valence electrons. The molecular weight excluding hydrogens is 596 g/mol. The van der Waals surface area contributed by atoms with E-state index in [1.165, 1.54) is 41.3 Å². The van der Waals surface area contributed by atoms with E-state index in [1.54, 1.807) is 23.9 Å². The summed E-state index contributed by atoms with van der Waals surface area (Å²) in [7, 11) is 0. The molecule has 44 heavy (non-hydrogen) atoms. The minimum absolute atomic E-state index is 0.0683. The number of benzene rings is 3. The third kappa shape index (κ3) is 6.90. The highest BCUT2D eigenvalue weighted by atomic mass is 32.2. The fourth-order valence-electron chi connectivity index (χ4n) is 5.25. The van der Waals surface area contributed by atoms with Gasteiger partial charge in [-0.05, 0) is 65.9 Å². The molecule has 0 radical (unpaired) electrons. The van der Waals surface area contributed by atoms with Crippen LogP contribution in [0.5, 0.6) is 5.75 Å². The Labute approximate surface area is 255 Å². The first kappa shape index (κ1) is 30.1. The van der Waals surface area contributed by atoms with Gasteiger partial charge in [-0.1, -0.05) is 49.9 Å². The summed E-state index contributed by atoms with van der Waals surface area (Å²) in [5, 5.41) is 19.1. The zero-order chi connectivity index (χ0) is 31.0.